The molecule has 0 amide bonds. The summed E-state index contributed by atoms with van der Waals surface area (Å²) in [7, 11) is 0. The van der Waals surface area contributed by atoms with Crippen molar-refractivity contribution < 1.29 is 8.78 Å². The Morgan fingerprint density at radius 1 is 1.20 bits per heavy atom. The highest BCUT2D eigenvalue weighted by molar-refractivity contribution is 7.15. The average molecular weight is 290 g/mol. The largest absolute Gasteiger partial charge is 0.324 e. The van der Waals surface area contributed by atoms with Crippen molar-refractivity contribution >= 4 is 27.3 Å². The minimum atomic E-state index is -0.884. The van der Waals surface area contributed by atoms with E-state index in [9.17, 15) is 8.78 Å². The second kappa shape index (κ2) is 4.11. The highest BCUT2D eigenvalue weighted by atomic mass is 32.1. The summed E-state index contributed by atoms with van der Waals surface area (Å²) in [6, 6.07) is 2.27. The Morgan fingerprint density at radius 2 is 2.05 bits per heavy atom. The van der Waals surface area contributed by atoms with Crippen molar-refractivity contribution in [1.29, 1.82) is 0 Å². The van der Waals surface area contributed by atoms with Crippen LogP contribution in [0.15, 0.2) is 36.2 Å². The molecule has 0 saturated heterocycles. The van der Waals surface area contributed by atoms with Crippen LogP contribution in [0.4, 0.5) is 8.78 Å². The number of nitrogens with zero attached hydrogens (tertiary/aromatic N) is 4. The van der Waals surface area contributed by atoms with Gasteiger partial charge in [0.05, 0.1) is 29.6 Å². The Bertz CT molecular complexity index is 893. The number of benzene rings is 1. The monoisotopic (exact) mass is 290 g/mol. The molecule has 1 aromatic carbocycles. The predicted molar refractivity (Wildman–Crippen MR) is 71.8 cm³/mol. The van der Waals surface area contributed by atoms with Crippen LogP contribution in [0, 0.1) is 11.6 Å². The third kappa shape index (κ3) is 1.70. The molecule has 4 aromatic rings. The third-order valence-electron chi connectivity index (χ3n) is 3.14. The number of imidazole rings is 2. The molecule has 4 nitrogen and oxygen atoms in total. The van der Waals surface area contributed by atoms with E-state index in [1.54, 1.807) is 22.2 Å². The summed E-state index contributed by atoms with van der Waals surface area (Å²) in [5.41, 5.74) is 1.84. The zero-order valence-corrected chi connectivity index (χ0v) is 10.9. The van der Waals surface area contributed by atoms with Crippen LogP contribution in [0.25, 0.3) is 16.0 Å². The summed E-state index contributed by atoms with van der Waals surface area (Å²) < 4.78 is 30.2. The lowest BCUT2D eigenvalue weighted by molar-refractivity contribution is 0.510. The van der Waals surface area contributed by atoms with Crippen molar-refractivity contribution in [1.82, 2.24) is 18.9 Å². The molecule has 0 spiro atoms. The van der Waals surface area contributed by atoms with Crippen LogP contribution in [-0.4, -0.2) is 18.9 Å². The number of aromatic nitrogens is 4. The van der Waals surface area contributed by atoms with Gasteiger partial charge in [0.1, 0.15) is 0 Å². The number of hydrogen-bond donors (Lipinski definition) is 0. The molecule has 3 heterocycles. The minimum absolute atomic E-state index is 0.435. The molecule has 7 heteroatoms. The maximum atomic E-state index is 13.3. The van der Waals surface area contributed by atoms with Crippen molar-refractivity contribution in [2.75, 3.05) is 0 Å². The second-order valence-electron chi connectivity index (χ2n) is 4.45. The van der Waals surface area contributed by atoms with Gasteiger partial charge in [-0.1, -0.05) is 0 Å². The van der Waals surface area contributed by atoms with Gasteiger partial charge in [0, 0.05) is 29.9 Å². The van der Waals surface area contributed by atoms with E-state index in [2.05, 4.69) is 9.97 Å². The third-order valence-corrected chi connectivity index (χ3v) is 3.91. The molecule has 4 rings (SSSR count). The fourth-order valence-electron chi connectivity index (χ4n) is 2.21. The molecule has 0 atom stereocenters. The SMILES string of the molecule is Fc1cc2ncn(Cc3cn4ccsc4n3)c2cc1F. The molecule has 0 bridgehead atoms. The van der Waals surface area contributed by atoms with Crippen molar-refractivity contribution in [3.8, 4) is 0 Å². The maximum Gasteiger partial charge on any atom is 0.193 e. The number of hydrogen-bond acceptors (Lipinski definition) is 3. The standard InChI is InChI=1S/C13H8F2N4S/c14-9-3-11-12(4-10(9)15)19(7-16-11)6-8-5-18-1-2-20-13(18)17-8/h1-5,7H,6H2. The van der Waals surface area contributed by atoms with E-state index >= 15 is 0 Å². The fraction of sp³-hybridized carbons (Fsp3) is 0.0769. The van der Waals surface area contributed by atoms with E-state index < -0.39 is 11.6 Å². The van der Waals surface area contributed by atoms with Crippen LogP contribution in [0.1, 0.15) is 5.69 Å². The maximum absolute atomic E-state index is 13.3. The molecule has 0 fully saturated rings. The Balaban J connectivity index is 1.78. The molecule has 20 heavy (non-hydrogen) atoms. The summed E-state index contributed by atoms with van der Waals surface area (Å²) in [4.78, 5) is 9.45. The van der Waals surface area contributed by atoms with Gasteiger partial charge in [-0.3, -0.25) is 4.40 Å². The van der Waals surface area contributed by atoms with E-state index in [1.165, 1.54) is 0 Å². The Morgan fingerprint density at radius 3 is 2.90 bits per heavy atom. The minimum Gasteiger partial charge on any atom is -0.324 e. The topological polar surface area (TPSA) is 35.1 Å². The number of rotatable bonds is 2. The van der Waals surface area contributed by atoms with Crippen LogP contribution in [0.2, 0.25) is 0 Å². The van der Waals surface area contributed by atoms with E-state index in [0.717, 1.165) is 22.8 Å². The average Bonchev–Trinajstić information content (AvgIpc) is 3.07. The quantitative estimate of drug-likeness (QED) is 0.568. The van der Waals surface area contributed by atoms with Gasteiger partial charge in [-0.15, -0.1) is 11.3 Å². The van der Waals surface area contributed by atoms with Gasteiger partial charge < -0.3 is 4.57 Å². The highest BCUT2D eigenvalue weighted by Gasteiger charge is 2.10. The molecular weight excluding hydrogens is 282 g/mol. The summed E-state index contributed by atoms with van der Waals surface area (Å²) >= 11 is 1.55. The first-order valence-corrected chi connectivity index (χ1v) is 6.79. The van der Waals surface area contributed by atoms with Crippen molar-refractivity contribution in [3.63, 3.8) is 0 Å². The molecule has 0 aliphatic rings. The normalized spacial score (nSPS) is 11.7. The number of thiazole rings is 1. The van der Waals surface area contributed by atoms with Crippen LogP contribution < -0.4 is 0 Å². The van der Waals surface area contributed by atoms with Gasteiger partial charge in [0.15, 0.2) is 16.6 Å². The first-order chi connectivity index (χ1) is 9.70. The number of fused-ring (bicyclic) bond motifs is 2. The van der Waals surface area contributed by atoms with Crippen LogP contribution in [0.5, 0.6) is 0 Å². The summed E-state index contributed by atoms with van der Waals surface area (Å²) in [5.74, 6) is -1.75. The van der Waals surface area contributed by atoms with Crippen molar-refractivity contribution in [2.45, 2.75) is 6.54 Å². The van der Waals surface area contributed by atoms with Gasteiger partial charge in [0.25, 0.3) is 0 Å². The lowest BCUT2D eigenvalue weighted by Crippen LogP contribution is -1.98. The lowest BCUT2D eigenvalue weighted by Gasteiger charge is -2.01. The lowest BCUT2D eigenvalue weighted by atomic mass is 10.3. The zero-order chi connectivity index (χ0) is 13.7. The molecule has 0 N–H and O–H groups in total. The van der Waals surface area contributed by atoms with Gasteiger partial charge in [-0.05, 0) is 0 Å². The van der Waals surface area contributed by atoms with Crippen molar-refractivity contribution in [2.24, 2.45) is 0 Å². The molecular formula is C13H8F2N4S. The molecule has 0 unspecified atom stereocenters. The van der Waals surface area contributed by atoms with E-state index in [-0.39, 0.29) is 0 Å². The first-order valence-electron chi connectivity index (χ1n) is 5.92. The van der Waals surface area contributed by atoms with Gasteiger partial charge in [-0.2, -0.15) is 0 Å². The van der Waals surface area contributed by atoms with Gasteiger partial charge >= 0.3 is 0 Å². The van der Waals surface area contributed by atoms with E-state index in [1.807, 2.05) is 22.2 Å². The van der Waals surface area contributed by atoms with Crippen LogP contribution >= 0.6 is 11.3 Å². The first kappa shape index (κ1) is 11.5. The molecule has 0 radical (unpaired) electrons. The predicted octanol–water partition coefficient (Wildman–Crippen LogP) is 3.07. The van der Waals surface area contributed by atoms with Crippen LogP contribution in [0.3, 0.4) is 0 Å². The van der Waals surface area contributed by atoms with Gasteiger partial charge in [-0.25, -0.2) is 18.7 Å². The summed E-state index contributed by atoms with van der Waals surface area (Å²) in [6.45, 7) is 0.468. The Labute approximate surface area is 115 Å². The zero-order valence-electron chi connectivity index (χ0n) is 10.1. The Kier molecular flexibility index (Phi) is 2.37. The molecule has 100 valence electrons. The number of halogens is 2. The van der Waals surface area contributed by atoms with Crippen LogP contribution in [-0.2, 0) is 6.54 Å². The second-order valence-corrected chi connectivity index (χ2v) is 5.33. The fourth-order valence-corrected chi connectivity index (χ4v) is 2.93. The van der Waals surface area contributed by atoms with Crippen molar-refractivity contribution in [3.05, 3.63) is 53.6 Å². The smallest absolute Gasteiger partial charge is 0.193 e. The van der Waals surface area contributed by atoms with E-state index in [4.69, 9.17) is 0 Å². The Hall–Kier alpha value is -2.28. The van der Waals surface area contributed by atoms with E-state index in [0.29, 0.717) is 17.6 Å². The van der Waals surface area contributed by atoms with Gasteiger partial charge in [0.2, 0.25) is 0 Å². The molecule has 3 aromatic heterocycles. The molecule has 0 aliphatic heterocycles. The summed E-state index contributed by atoms with van der Waals surface area (Å²) in [6.07, 6.45) is 5.41. The highest BCUT2D eigenvalue weighted by Crippen LogP contribution is 2.19. The summed E-state index contributed by atoms with van der Waals surface area (Å²) in [5, 5.41) is 1.96. The molecule has 0 aliphatic carbocycles. The molecule has 0 saturated carbocycles.